The summed E-state index contributed by atoms with van der Waals surface area (Å²) in [7, 11) is 1.30. The molecule has 0 aliphatic carbocycles. The Morgan fingerprint density at radius 1 is 1.24 bits per heavy atom. The summed E-state index contributed by atoms with van der Waals surface area (Å²) in [5.41, 5.74) is 1.74. The normalized spacial score (nSPS) is 9.84. The molecule has 2 N–H and O–H groups in total. The highest BCUT2D eigenvalue weighted by Gasteiger charge is 2.13. The second-order valence-electron chi connectivity index (χ2n) is 4.93. The number of aromatic hydroxyl groups is 1. The van der Waals surface area contributed by atoms with Crippen molar-refractivity contribution in [3.63, 3.8) is 0 Å². The number of nitrogens with one attached hydrogen (secondary N) is 1. The molecule has 25 heavy (non-hydrogen) atoms. The molecular formula is C16H14N2O6S. The molecule has 0 atom stereocenters. The number of H-pyrrole nitrogens is 1. The minimum Gasteiger partial charge on any atom is -0.506 e. The van der Waals surface area contributed by atoms with Crippen LogP contribution in [0.4, 0.5) is 0 Å². The van der Waals surface area contributed by atoms with Gasteiger partial charge >= 0.3 is 17.5 Å². The molecule has 2 aromatic heterocycles. The number of benzene rings is 1. The number of pyridine rings is 1. The Morgan fingerprint density at radius 2 is 1.96 bits per heavy atom. The van der Waals surface area contributed by atoms with E-state index in [1.54, 1.807) is 24.4 Å². The van der Waals surface area contributed by atoms with E-state index >= 15 is 0 Å². The number of hydrogen-bond acceptors (Lipinski definition) is 7. The predicted octanol–water partition coefficient (Wildman–Crippen LogP) is 2.49. The Bertz CT molecular complexity index is 930. The number of nitrogens with zero attached hydrogens (tertiary/aromatic N) is 1. The molecule has 3 aromatic rings. The van der Waals surface area contributed by atoms with Gasteiger partial charge in [-0.2, -0.15) is 8.42 Å². The van der Waals surface area contributed by atoms with Gasteiger partial charge in [-0.3, -0.25) is 0 Å². The first-order chi connectivity index (χ1) is 12.0. The summed E-state index contributed by atoms with van der Waals surface area (Å²) < 4.78 is 26.9. The zero-order valence-electron chi connectivity index (χ0n) is 13.3. The van der Waals surface area contributed by atoms with Crippen molar-refractivity contribution in [3.05, 3.63) is 47.8 Å². The Morgan fingerprint density at radius 3 is 2.56 bits per heavy atom. The van der Waals surface area contributed by atoms with E-state index < -0.39 is 17.5 Å². The maximum atomic E-state index is 11.5. The quantitative estimate of drug-likeness (QED) is 0.687. The highest BCUT2D eigenvalue weighted by molar-refractivity contribution is 7.51. The number of esters is 1. The van der Waals surface area contributed by atoms with Crippen LogP contribution in [0.15, 0.2) is 36.5 Å². The van der Waals surface area contributed by atoms with Gasteiger partial charge in [-0.25, -0.2) is 9.78 Å². The molecule has 0 amide bonds. The standard InChI is InChI=1S/C16H14N2O4.O2S/c1-9-3-4-14(17-8-9)22-11-5-10-6-12(16(20)21-2)18-15(10)13(19)7-11;1-3-2/h3-8,18-19H,1-2H3;. The van der Waals surface area contributed by atoms with Gasteiger partial charge in [-0.05, 0) is 24.6 Å². The average Bonchev–Trinajstić information content (AvgIpc) is 3.02. The third-order valence-electron chi connectivity index (χ3n) is 3.19. The molecule has 0 saturated heterocycles. The molecule has 2 heterocycles. The maximum Gasteiger partial charge on any atom is 0.354 e. The monoisotopic (exact) mass is 362 g/mol. The van der Waals surface area contributed by atoms with E-state index in [1.807, 2.05) is 13.0 Å². The van der Waals surface area contributed by atoms with Crippen LogP contribution in [0, 0.1) is 6.92 Å². The van der Waals surface area contributed by atoms with E-state index in [0.29, 0.717) is 22.5 Å². The molecule has 9 heteroatoms. The topological polar surface area (TPSA) is 119 Å². The van der Waals surface area contributed by atoms with Crippen molar-refractivity contribution in [2.24, 2.45) is 0 Å². The van der Waals surface area contributed by atoms with Gasteiger partial charge in [0.25, 0.3) is 0 Å². The second-order valence-corrected chi connectivity index (χ2v) is 5.06. The minimum absolute atomic E-state index is 0.0187. The molecule has 0 aliphatic rings. The summed E-state index contributed by atoms with van der Waals surface area (Å²) in [6.07, 6.45) is 1.69. The lowest BCUT2D eigenvalue weighted by atomic mass is 10.2. The predicted molar refractivity (Wildman–Crippen MR) is 89.3 cm³/mol. The minimum atomic E-state index is -0.750. The number of fused-ring (bicyclic) bond motifs is 1. The summed E-state index contributed by atoms with van der Waals surface area (Å²) >= 11 is -0.750. The number of phenols is 1. The van der Waals surface area contributed by atoms with Crippen LogP contribution in [-0.2, 0) is 16.3 Å². The molecule has 8 nitrogen and oxygen atoms in total. The van der Waals surface area contributed by atoms with Crippen molar-refractivity contribution >= 4 is 28.4 Å². The van der Waals surface area contributed by atoms with Crippen molar-refractivity contribution in [1.82, 2.24) is 9.97 Å². The Kier molecular flexibility index (Phi) is 5.85. The number of aromatic amines is 1. The molecule has 0 bridgehead atoms. The molecule has 0 aliphatic heterocycles. The number of rotatable bonds is 3. The number of aryl methyl sites for hydroxylation is 1. The molecule has 3 rings (SSSR count). The van der Waals surface area contributed by atoms with Crippen LogP contribution in [0.2, 0.25) is 0 Å². The molecule has 0 spiro atoms. The smallest absolute Gasteiger partial charge is 0.354 e. The van der Waals surface area contributed by atoms with E-state index in [2.05, 4.69) is 14.7 Å². The summed E-state index contributed by atoms with van der Waals surface area (Å²) in [5, 5.41) is 10.7. The van der Waals surface area contributed by atoms with Gasteiger partial charge < -0.3 is 19.6 Å². The van der Waals surface area contributed by atoms with Crippen LogP contribution in [0.25, 0.3) is 10.9 Å². The highest BCUT2D eigenvalue weighted by Crippen LogP contribution is 2.32. The fraction of sp³-hybridized carbons (Fsp3) is 0.125. The van der Waals surface area contributed by atoms with E-state index in [0.717, 1.165) is 5.56 Å². The number of aromatic nitrogens is 2. The van der Waals surface area contributed by atoms with Crippen LogP contribution in [0.1, 0.15) is 16.1 Å². The van der Waals surface area contributed by atoms with Crippen LogP contribution >= 0.6 is 0 Å². The molecule has 0 unspecified atom stereocenters. The maximum absolute atomic E-state index is 11.5. The van der Waals surface area contributed by atoms with Gasteiger partial charge in [-0.15, -0.1) is 0 Å². The summed E-state index contributed by atoms with van der Waals surface area (Å²) in [6.45, 7) is 1.93. The van der Waals surface area contributed by atoms with Gasteiger partial charge in [0.15, 0.2) is 0 Å². The molecular weight excluding hydrogens is 348 g/mol. The van der Waals surface area contributed by atoms with Crippen LogP contribution in [-0.4, -0.2) is 36.6 Å². The van der Waals surface area contributed by atoms with Crippen molar-refractivity contribution < 1.29 is 27.8 Å². The van der Waals surface area contributed by atoms with Crippen molar-refractivity contribution in [3.8, 4) is 17.4 Å². The van der Waals surface area contributed by atoms with Crippen molar-refractivity contribution in [1.29, 1.82) is 0 Å². The number of phenolic OH excluding ortho intramolecular Hbond substituents is 1. The van der Waals surface area contributed by atoms with E-state index in [-0.39, 0.29) is 11.4 Å². The third kappa shape index (κ3) is 4.42. The summed E-state index contributed by atoms with van der Waals surface area (Å²) in [4.78, 5) is 18.5. The van der Waals surface area contributed by atoms with Crippen molar-refractivity contribution in [2.75, 3.05) is 7.11 Å². The van der Waals surface area contributed by atoms with Gasteiger partial charge in [0.05, 0.1) is 12.6 Å². The summed E-state index contributed by atoms with van der Waals surface area (Å²) in [6, 6.07) is 8.39. The van der Waals surface area contributed by atoms with E-state index in [4.69, 9.17) is 13.2 Å². The average molecular weight is 362 g/mol. The molecule has 0 radical (unpaired) electrons. The van der Waals surface area contributed by atoms with Gasteiger partial charge in [0, 0.05) is 23.7 Å². The first-order valence-electron chi connectivity index (χ1n) is 6.94. The number of methoxy groups -OCH3 is 1. The van der Waals surface area contributed by atoms with Gasteiger partial charge in [0.1, 0.15) is 17.2 Å². The van der Waals surface area contributed by atoms with Gasteiger partial charge in [-0.1, -0.05) is 6.07 Å². The third-order valence-corrected chi connectivity index (χ3v) is 3.19. The molecule has 1 aromatic carbocycles. The first-order valence-corrected chi connectivity index (χ1v) is 7.61. The lowest BCUT2D eigenvalue weighted by Crippen LogP contribution is -2.00. The lowest BCUT2D eigenvalue weighted by molar-refractivity contribution is 0.0595. The zero-order valence-corrected chi connectivity index (χ0v) is 14.1. The largest absolute Gasteiger partial charge is 0.506 e. The number of hydrogen-bond donors (Lipinski definition) is 2. The first kappa shape index (κ1) is 18.1. The Labute approximate surface area is 146 Å². The van der Waals surface area contributed by atoms with Gasteiger partial charge in [0.2, 0.25) is 5.88 Å². The number of carbonyl (C=O) groups excluding carboxylic acids is 1. The fourth-order valence-corrected chi connectivity index (χ4v) is 2.11. The van der Waals surface area contributed by atoms with Crippen molar-refractivity contribution in [2.45, 2.75) is 6.92 Å². The lowest BCUT2D eigenvalue weighted by Gasteiger charge is -2.06. The second kappa shape index (κ2) is 8.06. The fourth-order valence-electron chi connectivity index (χ4n) is 2.11. The van der Waals surface area contributed by atoms with Crippen LogP contribution in [0.3, 0.4) is 0 Å². The SMILES string of the molecule is COC(=O)c1cc2cc(Oc3ccc(C)cn3)cc(O)c2[nH]1.O=S=O. The van der Waals surface area contributed by atoms with E-state index in [9.17, 15) is 9.90 Å². The van der Waals surface area contributed by atoms with E-state index in [1.165, 1.54) is 13.2 Å². The van der Waals surface area contributed by atoms with Crippen LogP contribution < -0.4 is 4.74 Å². The molecule has 0 saturated carbocycles. The number of carbonyl (C=O) groups is 1. The molecule has 0 fully saturated rings. The Hall–Kier alpha value is -3.20. The highest BCUT2D eigenvalue weighted by atomic mass is 32.1. The molecule has 130 valence electrons. The number of ether oxygens (including phenoxy) is 2. The summed E-state index contributed by atoms with van der Waals surface area (Å²) in [5.74, 6) is 0.331. The Balaban J connectivity index is 0.000000701. The van der Waals surface area contributed by atoms with Crippen LogP contribution in [0.5, 0.6) is 17.4 Å². The zero-order chi connectivity index (χ0) is 18.4.